The molecule has 0 unspecified atom stereocenters. The van der Waals surface area contributed by atoms with Crippen LogP contribution in [0.4, 0.5) is 5.69 Å². The lowest BCUT2D eigenvalue weighted by Gasteiger charge is -2.18. The maximum Gasteiger partial charge on any atom is 0.201 e. The maximum atomic E-state index is 4.89. The summed E-state index contributed by atoms with van der Waals surface area (Å²) in [6.07, 6.45) is 5.26. The van der Waals surface area contributed by atoms with Gasteiger partial charge in [-0.1, -0.05) is 0 Å². The molecule has 3 aliphatic heterocycles. The average Bonchev–Trinajstić information content (AvgIpc) is 3.32. The van der Waals surface area contributed by atoms with E-state index >= 15 is 0 Å². The molecular formula is C20H22ClN3S. The van der Waals surface area contributed by atoms with Crippen molar-refractivity contribution in [1.29, 1.82) is 0 Å². The molecular weight excluding hydrogens is 350 g/mol. The topological polar surface area (TPSA) is 19.1 Å². The van der Waals surface area contributed by atoms with E-state index in [0.717, 1.165) is 11.2 Å². The fourth-order valence-corrected chi connectivity index (χ4v) is 4.98. The Morgan fingerprint density at radius 3 is 2.52 bits per heavy atom. The molecule has 2 saturated heterocycles. The first-order valence-corrected chi connectivity index (χ1v) is 9.86. The van der Waals surface area contributed by atoms with Gasteiger partial charge >= 0.3 is 0 Å². The summed E-state index contributed by atoms with van der Waals surface area (Å²) in [7, 11) is 0. The monoisotopic (exact) mass is 371 g/mol. The fraction of sp³-hybridized carbons (Fsp3) is 0.400. The molecule has 0 radical (unpaired) electrons. The predicted octanol–water partition coefficient (Wildman–Crippen LogP) is 0.571. The van der Waals surface area contributed by atoms with Crippen LogP contribution in [0.3, 0.4) is 0 Å². The third kappa shape index (κ3) is 3.13. The number of nitrogens with zero attached hydrogens (tertiary/aromatic N) is 3. The van der Waals surface area contributed by atoms with Crippen LogP contribution in [0.1, 0.15) is 25.7 Å². The van der Waals surface area contributed by atoms with Gasteiger partial charge in [-0.05, 0) is 37.1 Å². The molecule has 3 nitrogen and oxygen atoms in total. The largest absolute Gasteiger partial charge is 1.00 e. The Bertz CT molecular complexity index is 935. The van der Waals surface area contributed by atoms with Crippen molar-refractivity contribution in [1.82, 2.24) is 9.56 Å². The smallest absolute Gasteiger partial charge is 0.201 e. The summed E-state index contributed by atoms with van der Waals surface area (Å²) < 4.78 is 3.79. The molecule has 5 rings (SSSR count). The molecule has 0 aromatic heterocycles. The van der Waals surface area contributed by atoms with Crippen LogP contribution in [0.5, 0.6) is 0 Å². The zero-order valence-corrected chi connectivity index (χ0v) is 15.8. The van der Waals surface area contributed by atoms with E-state index in [1.54, 1.807) is 0 Å². The Kier molecular flexibility index (Phi) is 4.65. The number of benzene rings is 2. The van der Waals surface area contributed by atoms with E-state index in [9.17, 15) is 0 Å². The number of aromatic nitrogens is 1. The summed E-state index contributed by atoms with van der Waals surface area (Å²) in [6, 6.07) is 13.5. The molecule has 25 heavy (non-hydrogen) atoms. The molecule has 0 spiro atoms. The van der Waals surface area contributed by atoms with Crippen molar-refractivity contribution >= 4 is 27.2 Å². The van der Waals surface area contributed by atoms with E-state index < -0.39 is 0 Å². The number of halogens is 1. The fourth-order valence-electron chi connectivity index (χ4n) is 3.95. The van der Waals surface area contributed by atoms with Crippen LogP contribution in [0.15, 0.2) is 36.4 Å². The highest BCUT2D eigenvalue weighted by Gasteiger charge is 2.16. The van der Waals surface area contributed by atoms with Crippen LogP contribution in [0.2, 0.25) is 0 Å². The molecule has 2 fully saturated rings. The predicted molar refractivity (Wildman–Crippen MR) is 102 cm³/mol. The molecule has 1 aromatic carbocycles. The molecule has 0 bridgehead atoms. The summed E-state index contributed by atoms with van der Waals surface area (Å²) in [4.78, 5) is 8.68. The zero-order chi connectivity index (χ0) is 15.9. The molecule has 3 heterocycles. The minimum atomic E-state index is 0. The third-order valence-electron chi connectivity index (χ3n) is 5.29. The van der Waals surface area contributed by atoms with Gasteiger partial charge in [0.05, 0.1) is 20.8 Å². The molecule has 5 heteroatoms. The van der Waals surface area contributed by atoms with Crippen molar-refractivity contribution in [2.45, 2.75) is 25.7 Å². The van der Waals surface area contributed by atoms with Crippen LogP contribution >= 0.6 is 11.3 Å². The highest BCUT2D eigenvalue weighted by atomic mass is 35.5. The van der Waals surface area contributed by atoms with Gasteiger partial charge in [0.15, 0.2) is 0 Å². The normalized spacial score (nSPS) is 17.4. The van der Waals surface area contributed by atoms with Gasteiger partial charge in [0.1, 0.15) is 13.1 Å². The van der Waals surface area contributed by atoms with Gasteiger partial charge in [0.2, 0.25) is 5.36 Å². The van der Waals surface area contributed by atoms with Crippen LogP contribution in [-0.2, 0) is 0 Å². The van der Waals surface area contributed by atoms with Gasteiger partial charge in [-0.25, -0.2) is 9.56 Å². The highest BCUT2D eigenvalue weighted by molar-refractivity contribution is 7.21. The Morgan fingerprint density at radius 2 is 1.72 bits per heavy atom. The van der Waals surface area contributed by atoms with Crippen molar-refractivity contribution in [3.05, 3.63) is 41.8 Å². The standard InChI is InChI=1S/C20H22N3S.ClH/c1-2-10-22(9-1)15-5-7-17-19(13-15)24-20-14-16(6-8-18(20)21-17)23-11-3-4-12-23;/h5-8,13-14H,1-4,9-12H2;1H/q+1;/p-1. The van der Waals surface area contributed by atoms with Gasteiger partial charge in [-0.2, -0.15) is 0 Å². The quantitative estimate of drug-likeness (QED) is 0.460. The summed E-state index contributed by atoms with van der Waals surface area (Å²) >= 11 is 1.88. The molecule has 4 aliphatic rings. The van der Waals surface area contributed by atoms with E-state index in [0.29, 0.717) is 0 Å². The first kappa shape index (κ1) is 16.8. The Hall–Kier alpha value is -1.65. The average molecular weight is 372 g/mol. The maximum absolute atomic E-state index is 4.89. The van der Waals surface area contributed by atoms with Gasteiger partial charge in [0, 0.05) is 43.8 Å². The number of rotatable bonds is 1. The second-order valence-electron chi connectivity index (χ2n) is 6.91. The molecule has 1 aliphatic carbocycles. The van der Waals surface area contributed by atoms with Crippen molar-refractivity contribution in [2.24, 2.45) is 0 Å². The number of fused-ring (bicyclic) bond motifs is 2. The van der Waals surface area contributed by atoms with Gasteiger partial charge in [0.25, 0.3) is 0 Å². The molecule has 0 amide bonds. The van der Waals surface area contributed by atoms with Crippen LogP contribution in [0, 0.1) is 0 Å². The van der Waals surface area contributed by atoms with E-state index in [2.05, 4.69) is 45.9 Å². The minimum absolute atomic E-state index is 0. The van der Waals surface area contributed by atoms with E-state index in [1.807, 2.05) is 11.3 Å². The highest BCUT2D eigenvalue weighted by Crippen LogP contribution is 2.32. The Labute approximate surface area is 158 Å². The number of anilines is 1. The lowest BCUT2D eigenvalue weighted by atomic mass is 10.2. The van der Waals surface area contributed by atoms with Crippen molar-refractivity contribution in [2.75, 3.05) is 31.1 Å². The van der Waals surface area contributed by atoms with Gasteiger partial charge in [-0.3, -0.25) is 0 Å². The number of hydrogen-bond acceptors (Lipinski definition) is 3. The first-order chi connectivity index (χ1) is 11.9. The van der Waals surface area contributed by atoms with Crippen molar-refractivity contribution in [3.8, 4) is 10.6 Å². The molecule has 130 valence electrons. The Morgan fingerprint density at radius 1 is 0.920 bits per heavy atom. The summed E-state index contributed by atoms with van der Waals surface area (Å²) in [5.74, 6) is 0. The lowest BCUT2D eigenvalue weighted by molar-refractivity contribution is -0.00000470. The third-order valence-corrected chi connectivity index (χ3v) is 6.38. The van der Waals surface area contributed by atoms with Gasteiger partial charge < -0.3 is 17.3 Å². The number of hydrogen-bond donors (Lipinski definition) is 0. The first-order valence-electron chi connectivity index (χ1n) is 9.04. The molecule has 0 N–H and O–H groups in total. The van der Waals surface area contributed by atoms with E-state index in [1.165, 1.54) is 72.5 Å². The van der Waals surface area contributed by atoms with Crippen LogP contribution in [0.25, 0.3) is 20.8 Å². The van der Waals surface area contributed by atoms with Crippen molar-refractivity contribution < 1.29 is 12.4 Å². The summed E-state index contributed by atoms with van der Waals surface area (Å²) in [6.45, 7) is 4.76. The minimum Gasteiger partial charge on any atom is -1.00 e. The van der Waals surface area contributed by atoms with Crippen molar-refractivity contribution in [3.63, 3.8) is 0 Å². The lowest BCUT2D eigenvalue weighted by Crippen LogP contribution is -3.00. The SMILES string of the molecule is [Cl-].c1cc2nc3ccc(=[N+]4CCCC4)cc-3sc2cc1N1CCCC1. The van der Waals surface area contributed by atoms with E-state index in [-0.39, 0.29) is 12.4 Å². The zero-order valence-electron chi connectivity index (χ0n) is 14.2. The molecule has 1 aromatic rings. The Balaban J connectivity index is 0.00000157. The molecule has 0 atom stereocenters. The summed E-state index contributed by atoms with van der Waals surface area (Å²) in [5.41, 5.74) is 3.59. The molecule has 0 saturated carbocycles. The summed E-state index contributed by atoms with van der Waals surface area (Å²) in [5, 5.41) is 1.35. The van der Waals surface area contributed by atoms with Crippen LogP contribution in [-0.4, -0.2) is 31.2 Å². The second-order valence-corrected chi connectivity index (χ2v) is 7.99. The second kappa shape index (κ2) is 6.93. The van der Waals surface area contributed by atoms with Crippen LogP contribution < -0.4 is 27.2 Å². The van der Waals surface area contributed by atoms with Gasteiger partial charge in [-0.15, -0.1) is 11.3 Å². The van der Waals surface area contributed by atoms with E-state index in [4.69, 9.17) is 4.98 Å².